The quantitative estimate of drug-likeness (QED) is 0.778. The van der Waals surface area contributed by atoms with Crippen LogP contribution < -0.4 is 0 Å². The highest BCUT2D eigenvalue weighted by molar-refractivity contribution is 5.87. The van der Waals surface area contributed by atoms with Crippen molar-refractivity contribution in [2.45, 2.75) is 39.4 Å². The zero-order valence-corrected chi connectivity index (χ0v) is 10.1. The molecule has 0 amide bonds. The van der Waals surface area contributed by atoms with E-state index in [0.29, 0.717) is 6.54 Å². The summed E-state index contributed by atoms with van der Waals surface area (Å²) >= 11 is 0. The van der Waals surface area contributed by atoms with Crippen molar-refractivity contribution in [3.8, 4) is 0 Å². The molecule has 1 aliphatic heterocycles. The van der Waals surface area contributed by atoms with E-state index in [0.717, 1.165) is 17.8 Å². The molecule has 1 N–H and O–H groups in total. The van der Waals surface area contributed by atoms with Gasteiger partial charge in [0, 0.05) is 31.2 Å². The Hall–Kier alpha value is -1.36. The summed E-state index contributed by atoms with van der Waals surface area (Å²) in [5.41, 5.74) is 2.14. The van der Waals surface area contributed by atoms with Gasteiger partial charge in [0.2, 0.25) is 0 Å². The zero-order chi connectivity index (χ0) is 12.1. The van der Waals surface area contributed by atoms with E-state index in [1.165, 1.54) is 0 Å². The Morgan fingerprint density at radius 2 is 2.00 bits per heavy atom. The molecule has 5 heteroatoms. The van der Waals surface area contributed by atoms with E-state index in [2.05, 4.69) is 30.8 Å². The third-order valence-corrected chi connectivity index (χ3v) is 3.12. The molecule has 88 valence electrons. The van der Waals surface area contributed by atoms with Gasteiger partial charge in [-0.1, -0.05) is 0 Å². The van der Waals surface area contributed by atoms with Gasteiger partial charge in [-0.2, -0.15) is 5.10 Å². The van der Waals surface area contributed by atoms with Crippen LogP contribution in [0.25, 0.3) is 0 Å². The Morgan fingerprint density at radius 1 is 1.38 bits per heavy atom. The van der Waals surface area contributed by atoms with Gasteiger partial charge in [-0.15, -0.1) is 0 Å². The Morgan fingerprint density at radius 3 is 2.50 bits per heavy atom. The van der Waals surface area contributed by atoms with Gasteiger partial charge in [-0.3, -0.25) is 9.58 Å². The summed E-state index contributed by atoms with van der Waals surface area (Å²) in [4.78, 5) is 13.3. The van der Waals surface area contributed by atoms with Crippen molar-refractivity contribution < 1.29 is 9.90 Å². The molecule has 0 saturated heterocycles. The van der Waals surface area contributed by atoms with Crippen LogP contribution in [0, 0.1) is 0 Å². The van der Waals surface area contributed by atoms with Crippen molar-refractivity contribution in [2.75, 3.05) is 0 Å². The van der Waals surface area contributed by atoms with Crippen LogP contribution in [0.4, 0.5) is 0 Å². The van der Waals surface area contributed by atoms with Gasteiger partial charge < -0.3 is 5.11 Å². The third-order valence-electron chi connectivity index (χ3n) is 3.12. The van der Waals surface area contributed by atoms with Crippen molar-refractivity contribution >= 4 is 5.97 Å². The summed E-state index contributed by atoms with van der Waals surface area (Å²) in [6.07, 6.45) is 0. The van der Waals surface area contributed by atoms with Crippen molar-refractivity contribution in [1.82, 2.24) is 14.7 Å². The van der Waals surface area contributed by atoms with Crippen molar-refractivity contribution in [1.29, 1.82) is 0 Å². The summed E-state index contributed by atoms with van der Waals surface area (Å²) in [6, 6.07) is 0. The van der Waals surface area contributed by atoms with Crippen LogP contribution >= 0.6 is 0 Å². The Balaban J connectivity index is 2.38. The average Bonchev–Trinajstić information content (AvgIpc) is 2.65. The number of aromatic nitrogens is 2. The molecule has 0 fully saturated rings. The number of fused-ring (bicyclic) bond motifs is 1. The number of hydrogen-bond acceptors (Lipinski definition) is 3. The number of hydrogen-bond donors (Lipinski definition) is 1. The van der Waals surface area contributed by atoms with E-state index in [-0.39, 0.29) is 11.2 Å². The van der Waals surface area contributed by atoms with Crippen LogP contribution in [-0.2, 0) is 20.1 Å². The SMILES string of the molecule is Cn1nc(C(=O)O)c2c1CN(C(C)(C)C)C2. The van der Waals surface area contributed by atoms with E-state index in [1.54, 1.807) is 11.7 Å². The van der Waals surface area contributed by atoms with Gasteiger partial charge in [0.1, 0.15) is 0 Å². The summed E-state index contributed by atoms with van der Waals surface area (Å²) in [5, 5.41) is 13.1. The highest BCUT2D eigenvalue weighted by Crippen LogP contribution is 2.30. The van der Waals surface area contributed by atoms with Crippen LogP contribution in [0.15, 0.2) is 0 Å². The van der Waals surface area contributed by atoms with Crippen LogP contribution in [0.1, 0.15) is 42.5 Å². The Bertz CT molecular complexity index is 443. The maximum Gasteiger partial charge on any atom is 0.356 e. The second-order valence-corrected chi connectivity index (χ2v) is 5.23. The molecule has 0 bridgehead atoms. The van der Waals surface area contributed by atoms with Crippen LogP contribution in [0.5, 0.6) is 0 Å². The fraction of sp³-hybridized carbons (Fsp3) is 0.636. The van der Waals surface area contributed by atoms with E-state index < -0.39 is 5.97 Å². The number of nitrogens with zero attached hydrogens (tertiary/aromatic N) is 3. The second-order valence-electron chi connectivity index (χ2n) is 5.23. The highest BCUT2D eigenvalue weighted by atomic mass is 16.4. The van der Waals surface area contributed by atoms with Gasteiger partial charge in [-0.25, -0.2) is 4.79 Å². The molecule has 1 aliphatic rings. The molecule has 1 aromatic rings. The monoisotopic (exact) mass is 223 g/mol. The lowest BCUT2D eigenvalue weighted by Gasteiger charge is -2.31. The number of rotatable bonds is 1. The number of carboxylic acid groups (broad SMARTS) is 1. The molecular weight excluding hydrogens is 206 g/mol. The fourth-order valence-corrected chi connectivity index (χ4v) is 2.04. The normalized spacial score (nSPS) is 16.5. The fourth-order valence-electron chi connectivity index (χ4n) is 2.04. The second kappa shape index (κ2) is 3.31. The topological polar surface area (TPSA) is 58.4 Å². The first kappa shape index (κ1) is 11.1. The average molecular weight is 223 g/mol. The molecule has 0 atom stereocenters. The van der Waals surface area contributed by atoms with Gasteiger partial charge in [0.15, 0.2) is 5.69 Å². The van der Waals surface area contributed by atoms with Crippen molar-refractivity contribution in [2.24, 2.45) is 7.05 Å². The van der Waals surface area contributed by atoms with Gasteiger partial charge in [0.25, 0.3) is 0 Å². The smallest absolute Gasteiger partial charge is 0.356 e. The predicted molar refractivity (Wildman–Crippen MR) is 59.2 cm³/mol. The first-order chi connectivity index (χ1) is 7.30. The van der Waals surface area contributed by atoms with E-state index >= 15 is 0 Å². The van der Waals surface area contributed by atoms with Gasteiger partial charge in [0.05, 0.1) is 5.69 Å². The predicted octanol–water partition coefficient (Wildman–Crippen LogP) is 1.23. The lowest BCUT2D eigenvalue weighted by Crippen LogP contribution is -2.37. The third kappa shape index (κ3) is 1.61. The molecule has 0 aromatic carbocycles. The molecule has 2 rings (SSSR count). The lowest BCUT2D eigenvalue weighted by atomic mass is 10.1. The van der Waals surface area contributed by atoms with E-state index in [9.17, 15) is 4.79 Å². The number of aryl methyl sites for hydroxylation is 1. The molecular formula is C11H17N3O2. The molecule has 5 nitrogen and oxygen atoms in total. The molecule has 0 saturated carbocycles. The minimum Gasteiger partial charge on any atom is -0.476 e. The van der Waals surface area contributed by atoms with Gasteiger partial charge >= 0.3 is 5.97 Å². The Kier molecular flexibility index (Phi) is 2.31. The largest absolute Gasteiger partial charge is 0.476 e. The summed E-state index contributed by atoms with van der Waals surface area (Å²) in [5.74, 6) is -0.937. The van der Waals surface area contributed by atoms with Crippen molar-refractivity contribution in [3.05, 3.63) is 17.0 Å². The summed E-state index contributed by atoms with van der Waals surface area (Å²) in [7, 11) is 1.80. The number of aromatic carboxylic acids is 1. The maximum atomic E-state index is 11.0. The van der Waals surface area contributed by atoms with Gasteiger partial charge in [-0.05, 0) is 20.8 Å². The van der Waals surface area contributed by atoms with E-state index in [1.807, 2.05) is 0 Å². The van der Waals surface area contributed by atoms with E-state index in [4.69, 9.17) is 5.11 Å². The van der Waals surface area contributed by atoms with Crippen molar-refractivity contribution in [3.63, 3.8) is 0 Å². The van der Waals surface area contributed by atoms with Crippen LogP contribution in [0.3, 0.4) is 0 Å². The molecule has 0 spiro atoms. The molecule has 0 unspecified atom stereocenters. The minimum absolute atomic E-state index is 0.0504. The zero-order valence-electron chi connectivity index (χ0n) is 10.1. The number of carboxylic acids is 1. The molecule has 0 aliphatic carbocycles. The van der Waals surface area contributed by atoms with Crippen LogP contribution in [0.2, 0.25) is 0 Å². The molecule has 0 radical (unpaired) electrons. The first-order valence-electron chi connectivity index (χ1n) is 5.34. The standard InChI is InChI=1S/C11H17N3O2/c1-11(2,3)14-5-7-8(6-14)13(4)12-9(7)10(15)16/h5-6H2,1-4H3,(H,15,16). The molecule has 1 aromatic heterocycles. The minimum atomic E-state index is -0.937. The summed E-state index contributed by atoms with van der Waals surface area (Å²) in [6.45, 7) is 7.84. The number of carbonyl (C=O) groups is 1. The summed E-state index contributed by atoms with van der Waals surface area (Å²) < 4.78 is 1.69. The lowest BCUT2D eigenvalue weighted by molar-refractivity contribution is 0.0684. The Labute approximate surface area is 94.7 Å². The highest BCUT2D eigenvalue weighted by Gasteiger charge is 2.34. The molecule has 16 heavy (non-hydrogen) atoms. The first-order valence-corrected chi connectivity index (χ1v) is 5.34. The van der Waals surface area contributed by atoms with Crippen LogP contribution in [-0.4, -0.2) is 31.3 Å². The maximum absolute atomic E-state index is 11.0. The molecule has 2 heterocycles.